The van der Waals surface area contributed by atoms with Gasteiger partial charge in [-0.25, -0.2) is 0 Å². The molecule has 1 aromatic rings. The molecule has 0 aliphatic carbocycles. The summed E-state index contributed by atoms with van der Waals surface area (Å²) in [5.41, 5.74) is 2.63. The van der Waals surface area contributed by atoms with E-state index in [1.807, 2.05) is 0 Å². The fourth-order valence-electron chi connectivity index (χ4n) is 2.23. The smallest absolute Gasteiger partial charge is 0.122 e. The highest BCUT2D eigenvalue weighted by Gasteiger charge is 2.08. The predicted octanol–water partition coefficient (Wildman–Crippen LogP) is 3.71. The Kier molecular flexibility index (Phi) is 6.81. The van der Waals surface area contributed by atoms with Crippen molar-refractivity contribution < 1.29 is 4.74 Å². The third-order valence-electron chi connectivity index (χ3n) is 3.37. The van der Waals surface area contributed by atoms with Crippen LogP contribution in [0.25, 0.3) is 0 Å². The number of methoxy groups -OCH3 is 1. The number of hydrogen-bond acceptors (Lipinski definition) is 2. The van der Waals surface area contributed by atoms with Crippen molar-refractivity contribution in [3.8, 4) is 5.75 Å². The molecule has 1 atom stereocenters. The average Bonchev–Trinajstić information content (AvgIpc) is 2.39. The molecule has 1 unspecified atom stereocenters. The summed E-state index contributed by atoms with van der Waals surface area (Å²) in [7, 11) is 1.75. The summed E-state index contributed by atoms with van der Waals surface area (Å²) in [4.78, 5) is 0. The Balaban J connectivity index is 2.57. The van der Waals surface area contributed by atoms with E-state index in [2.05, 4.69) is 44.3 Å². The second kappa shape index (κ2) is 8.15. The van der Waals surface area contributed by atoms with Gasteiger partial charge in [0.05, 0.1) is 7.11 Å². The zero-order chi connectivity index (χ0) is 13.4. The summed E-state index contributed by atoms with van der Waals surface area (Å²) in [6.07, 6.45) is 4.65. The van der Waals surface area contributed by atoms with Crippen molar-refractivity contribution in [1.82, 2.24) is 5.32 Å². The fourth-order valence-corrected chi connectivity index (χ4v) is 2.23. The lowest BCUT2D eigenvalue weighted by Crippen LogP contribution is -2.29. The molecule has 2 nitrogen and oxygen atoms in total. The molecule has 0 fully saturated rings. The minimum atomic E-state index is 0.621. The van der Waals surface area contributed by atoms with Gasteiger partial charge in [-0.2, -0.15) is 0 Å². The number of benzene rings is 1. The summed E-state index contributed by atoms with van der Waals surface area (Å²) in [6.45, 7) is 7.71. The van der Waals surface area contributed by atoms with Gasteiger partial charge in [0.25, 0.3) is 0 Å². The Hall–Kier alpha value is -1.02. The molecule has 0 saturated carbocycles. The first kappa shape index (κ1) is 15.0. The van der Waals surface area contributed by atoms with Crippen LogP contribution < -0.4 is 10.1 Å². The molecule has 18 heavy (non-hydrogen) atoms. The Bertz CT molecular complexity index is 349. The lowest BCUT2D eigenvalue weighted by molar-refractivity contribution is 0.405. The van der Waals surface area contributed by atoms with E-state index in [1.165, 1.54) is 30.4 Å². The van der Waals surface area contributed by atoms with Crippen LogP contribution in [0.4, 0.5) is 0 Å². The molecule has 0 spiro atoms. The van der Waals surface area contributed by atoms with E-state index < -0.39 is 0 Å². The van der Waals surface area contributed by atoms with Crippen LogP contribution in [-0.4, -0.2) is 19.7 Å². The maximum atomic E-state index is 5.43. The lowest BCUT2D eigenvalue weighted by atomic mass is 10.0. The molecule has 0 amide bonds. The van der Waals surface area contributed by atoms with E-state index >= 15 is 0 Å². The Morgan fingerprint density at radius 3 is 2.67 bits per heavy atom. The van der Waals surface area contributed by atoms with Gasteiger partial charge in [0.1, 0.15) is 5.75 Å². The maximum Gasteiger partial charge on any atom is 0.122 e. The van der Waals surface area contributed by atoms with Crippen molar-refractivity contribution in [3.63, 3.8) is 0 Å². The minimum absolute atomic E-state index is 0.621. The van der Waals surface area contributed by atoms with Gasteiger partial charge in [0.15, 0.2) is 0 Å². The second-order valence-electron chi connectivity index (χ2n) is 4.91. The molecule has 0 saturated heterocycles. The summed E-state index contributed by atoms with van der Waals surface area (Å²) in [6, 6.07) is 7.04. The zero-order valence-electron chi connectivity index (χ0n) is 12.3. The van der Waals surface area contributed by atoms with E-state index in [4.69, 9.17) is 4.74 Å². The standard InChI is InChI=1S/C16H27NO/c1-5-11-17-15(6-2)9-8-14-12-13(3)7-10-16(14)18-4/h7,10,12,15,17H,5-6,8-9,11H2,1-4H3. The van der Waals surface area contributed by atoms with E-state index in [0.29, 0.717) is 6.04 Å². The summed E-state index contributed by atoms with van der Waals surface area (Å²) in [5, 5.41) is 3.60. The van der Waals surface area contributed by atoms with Crippen LogP contribution >= 0.6 is 0 Å². The molecule has 0 aliphatic heterocycles. The van der Waals surface area contributed by atoms with Crippen LogP contribution in [0.2, 0.25) is 0 Å². The van der Waals surface area contributed by atoms with Crippen LogP contribution in [0.1, 0.15) is 44.2 Å². The first-order valence-corrected chi connectivity index (χ1v) is 7.08. The third-order valence-corrected chi connectivity index (χ3v) is 3.37. The molecule has 1 rings (SSSR count). The second-order valence-corrected chi connectivity index (χ2v) is 4.91. The molecular weight excluding hydrogens is 222 g/mol. The monoisotopic (exact) mass is 249 g/mol. The molecule has 2 heteroatoms. The molecule has 0 aromatic heterocycles. The highest BCUT2D eigenvalue weighted by molar-refractivity contribution is 5.36. The Labute approximate surface area is 112 Å². The van der Waals surface area contributed by atoms with Gasteiger partial charge in [0, 0.05) is 6.04 Å². The van der Waals surface area contributed by atoms with Crippen LogP contribution in [0.3, 0.4) is 0 Å². The van der Waals surface area contributed by atoms with Gasteiger partial charge in [-0.15, -0.1) is 0 Å². The van der Waals surface area contributed by atoms with Gasteiger partial charge in [-0.05, 0) is 50.8 Å². The minimum Gasteiger partial charge on any atom is -0.496 e. The maximum absolute atomic E-state index is 5.43. The van der Waals surface area contributed by atoms with E-state index in [9.17, 15) is 0 Å². The van der Waals surface area contributed by atoms with Crippen molar-refractivity contribution in [2.75, 3.05) is 13.7 Å². The van der Waals surface area contributed by atoms with E-state index in [-0.39, 0.29) is 0 Å². The van der Waals surface area contributed by atoms with Gasteiger partial charge < -0.3 is 10.1 Å². The average molecular weight is 249 g/mol. The highest BCUT2D eigenvalue weighted by Crippen LogP contribution is 2.21. The van der Waals surface area contributed by atoms with Crippen LogP contribution in [0, 0.1) is 6.92 Å². The van der Waals surface area contributed by atoms with Crippen LogP contribution in [-0.2, 0) is 6.42 Å². The van der Waals surface area contributed by atoms with E-state index in [1.54, 1.807) is 7.11 Å². The first-order valence-electron chi connectivity index (χ1n) is 7.08. The van der Waals surface area contributed by atoms with Gasteiger partial charge in [-0.3, -0.25) is 0 Å². The third kappa shape index (κ3) is 4.69. The number of hydrogen-bond donors (Lipinski definition) is 1. The van der Waals surface area contributed by atoms with Gasteiger partial charge in [0.2, 0.25) is 0 Å². The topological polar surface area (TPSA) is 21.3 Å². The molecule has 0 bridgehead atoms. The predicted molar refractivity (Wildman–Crippen MR) is 78.4 cm³/mol. The number of ether oxygens (including phenoxy) is 1. The van der Waals surface area contributed by atoms with Crippen LogP contribution in [0.15, 0.2) is 18.2 Å². The van der Waals surface area contributed by atoms with Crippen molar-refractivity contribution >= 4 is 0 Å². The molecule has 102 valence electrons. The molecule has 0 heterocycles. The Morgan fingerprint density at radius 2 is 2.06 bits per heavy atom. The lowest BCUT2D eigenvalue weighted by Gasteiger charge is -2.17. The van der Waals surface area contributed by atoms with Crippen molar-refractivity contribution in [3.05, 3.63) is 29.3 Å². The number of aryl methyl sites for hydroxylation is 2. The fraction of sp³-hybridized carbons (Fsp3) is 0.625. The summed E-state index contributed by atoms with van der Waals surface area (Å²) in [5.74, 6) is 1.02. The molecule has 0 aliphatic rings. The molecular formula is C16H27NO. The van der Waals surface area contributed by atoms with Crippen molar-refractivity contribution in [1.29, 1.82) is 0 Å². The molecule has 1 aromatic carbocycles. The van der Waals surface area contributed by atoms with E-state index in [0.717, 1.165) is 18.7 Å². The van der Waals surface area contributed by atoms with Crippen molar-refractivity contribution in [2.24, 2.45) is 0 Å². The molecule has 0 radical (unpaired) electrons. The number of rotatable bonds is 8. The summed E-state index contributed by atoms with van der Waals surface area (Å²) >= 11 is 0. The first-order chi connectivity index (χ1) is 8.71. The summed E-state index contributed by atoms with van der Waals surface area (Å²) < 4.78 is 5.43. The van der Waals surface area contributed by atoms with Crippen molar-refractivity contribution in [2.45, 2.75) is 52.5 Å². The quantitative estimate of drug-likeness (QED) is 0.758. The SMILES string of the molecule is CCCNC(CC)CCc1cc(C)ccc1OC. The Morgan fingerprint density at radius 1 is 1.28 bits per heavy atom. The van der Waals surface area contributed by atoms with Crippen LogP contribution in [0.5, 0.6) is 5.75 Å². The zero-order valence-corrected chi connectivity index (χ0v) is 12.3. The van der Waals surface area contributed by atoms with Gasteiger partial charge >= 0.3 is 0 Å². The molecule has 1 N–H and O–H groups in total. The normalized spacial score (nSPS) is 12.4. The highest BCUT2D eigenvalue weighted by atomic mass is 16.5. The largest absolute Gasteiger partial charge is 0.496 e. The number of nitrogens with one attached hydrogen (secondary N) is 1. The van der Waals surface area contributed by atoms with Gasteiger partial charge in [-0.1, -0.05) is 31.5 Å².